The maximum absolute atomic E-state index is 4.56. The summed E-state index contributed by atoms with van der Waals surface area (Å²) in [6.45, 7) is 11.4. The van der Waals surface area contributed by atoms with Gasteiger partial charge in [-0.05, 0) is 41.7 Å². The van der Waals surface area contributed by atoms with Gasteiger partial charge >= 0.3 is 0 Å². The van der Waals surface area contributed by atoms with Gasteiger partial charge < -0.3 is 5.32 Å². The predicted octanol–water partition coefficient (Wildman–Crippen LogP) is 4.23. The Morgan fingerprint density at radius 2 is 1.89 bits per heavy atom. The van der Waals surface area contributed by atoms with Crippen LogP contribution in [0, 0.1) is 11.8 Å². The number of pyridine rings is 1. The Morgan fingerprint density at radius 1 is 1.17 bits per heavy atom. The zero-order valence-electron chi connectivity index (χ0n) is 12.3. The van der Waals surface area contributed by atoms with Crippen LogP contribution in [0.25, 0.3) is 0 Å². The first kappa shape index (κ1) is 13.4. The van der Waals surface area contributed by atoms with Gasteiger partial charge in [0.05, 0.1) is 0 Å². The van der Waals surface area contributed by atoms with Crippen LogP contribution in [0.1, 0.15) is 53.0 Å². The number of aromatic nitrogens is 1. The second-order valence-electron chi connectivity index (χ2n) is 6.85. The number of anilines is 1. The van der Waals surface area contributed by atoms with E-state index in [-0.39, 0.29) is 5.41 Å². The van der Waals surface area contributed by atoms with Crippen LogP contribution < -0.4 is 5.32 Å². The third-order valence-corrected chi connectivity index (χ3v) is 4.43. The number of nitrogens with zero attached hydrogens (tertiary/aromatic N) is 1. The maximum Gasteiger partial charge on any atom is 0.126 e. The summed E-state index contributed by atoms with van der Waals surface area (Å²) in [6, 6.07) is 4.90. The van der Waals surface area contributed by atoms with E-state index < -0.39 is 0 Å². The molecule has 0 amide bonds. The minimum atomic E-state index is 0.181. The Morgan fingerprint density at radius 3 is 2.33 bits per heavy atom. The highest BCUT2D eigenvalue weighted by molar-refractivity contribution is 5.38. The number of hydrogen-bond acceptors (Lipinski definition) is 2. The van der Waals surface area contributed by atoms with E-state index in [1.165, 1.54) is 18.4 Å². The molecule has 100 valence electrons. The molecule has 1 saturated carbocycles. The van der Waals surface area contributed by atoms with E-state index in [2.05, 4.69) is 57.1 Å². The van der Waals surface area contributed by atoms with Gasteiger partial charge in [0.1, 0.15) is 5.82 Å². The fourth-order valence-electron chi connectivity index (χ4n) is 2.68. The van der Waals surface area contributed by atoms with Gasteiger partial charge in [-0.3, -0.25) is 0 Å². The summed E-state index contributed by atoms with van der Waals surface area (Å²) in [5, 5.41) is 3.59. The highest BCUT2D eigenvalue weighted by Crippen LogP contribution is 2.33. The SMILES string of the molecule is CC1CCC(Nc2ccc(C(C)(C)C)cn2)C1C. The molecule has 18 heavy (non-hydrogen) atoms. The van der Waals surface area contributed by atoms with Crippen LogP contribution in [-0.4, -0.2) is 11.0 Å². The van der Waals surface area contributed by atoms with Gasteiger partial charge in [0.25, 0.3) is 0 Å². The van der Waals surface area contributed by atoms with E-state index in [0.717, 1.165) is 17.7 Å². The van der Waals surface area contributed by atoms with Crippen molar-refractivity contribution in [3.8, 4) is 0 Å². The van der Waals surface area contributed by atoms with E-state index in [1.807, 2.05) is 6.20 Å². The molecule has 1 aromatic heterocycles. The average molecular weight is 246 g/mol. The molecule has 1 aliphatic rings. The zero-order chi connectivity index (χ0) is 13.3. The van der Waals surface area contributed by atoms with Gasteiger partial charge in [-0.2, -0.15) is 0 Å². The fraction of sp³-hybridized carbons (Fsp3) is 0.688. The van der Waals surface area contributed by atoms with Crippen molar-refractivity contribution in [2.24, 2.45) is 11.8 Å². The minimum Gasteiger partial charge on any atom is -0.367 e. The standard InChI is InChI=1S/C16H26N2/c1-11-6-8-14(12(11)2)18-15-9-7-13(10-17-15)16(3,4)5/h7,9-12,14H,6,8H2,1-5H3,(H,17,18). The zero-order valence-corrected chi connectivity index (χ0v) is 12.3. The minimum absolute atomic E-state index is 0.181. The van der Waals surface area contributed by atoms with Crippen LogP contribution in [0.15, 0.2) is 18.3 Å². The molecule has 1 aliphatic carbocycles. The Hall–Kier alpha value is -1.05. The van der Waals surface area contributed by atoms with Gasteiger partial charge in [0.15, 0.2) is 0 Å². The molecule has 2 heteroatoms. The molecule has 1 heterocycles. The molecule has 0 bridgehead atoms. The van der Waals surface area contributed by atoms with Crippen molar-refractivity contribution in [1.82, 2.24) is 4.98 Å². The molecule has 3 unspecified atom stereocenters. The lowest BCUT2D eigenvalue weighted by Crippen LogP contribution is -2.24. The largest absolute Gasteiger partial charge is 0.367 e. The Balaban J connectivity index is 2.03. The summed E-state index contributed by atoms with van der Waals surface area (Å²) in [6.07, 6.45) is 4.61. The van der Waals surface area contributed by atoms with Crippen molar-refractivity contribution in [3.05, 3.63) is 23.9 Å². The molecule has 1 N–H and O–H groups in total. The van der Waals surface area contributed by atoms with Crippen LogP contribution in [0.4, 0.5) is 5.82 Å². The summed E-state index contributed by atoms with van der Waals surface area (Å²) in [5.74, 6) is 2.60. The van der Waals surface area contributed by atoms with Gasteiger partial charge in [-0.1, -0.05) is 40.7 Å². The Bertz CT molecular complexity index is 389. The molecule has 3 atom stereocenters. The second kappa shape index (κ2) is 4.91. The van der Waals surface area contributed by atoms with Gasteiger partial charge in [0.2, 0.25) is 0 Å². The van der Waals surface area contributed by atoms with Crippen LogP contribution >= 0.6 is 0 Å². The molecule has 2 rings (SSSR count). The van der Waals surface area contributed by atoms with Crippen molar-refractivity contribution >= 4 is 5.82 Å². The van der Waals surface area contributed by atoms with Crippen LogP contribution in [-0.2, 0) is 5.41 Å². The molecular formula is C16H26N2. The Kier molecular flexibility index (Phi) is 3.65. The molecule has 1 fully saturated rings. The van der Waals surface area contributed by atoms with Crippen molar-refractivity contribution in [1.29, 1.82) is 0 Å². The quantitative estimate of drug-likeness (QED) is 0.845. The van der Waals surface area contributed by atoms with Crippen LogP contribution in [0.5, 0.6) is 0 Å². The molecule has 0 aromatic carbocycles. The lowest BCUT2D eigenvalue weighted by Gasteiger charge is -2.22. The van der Waals surface area contributed by atoms with Crippen LogP contribution in [0.2, 0.25) is 0 Å². The van der Waals surface area contributed by atoms with Crippen molar-refractivity contribution in [2.75, 3.05) is 5.32 Å². The van der Waals surface area contributed by atoms with E-state index >= 15 is 0 Å². The molecular weight excluding hydrogens is 220 g/mol. The van der Waals surface area contributed by atoms with Crippen molar-refractivity contribution in [3.63, 3.8) is 0 Å². The third-order valence-electron chi connectivity index (χ3n) is 4.43. The van der Waals surface area contributed by atoms with E-state index in [9.17, 15) is 0 Å². The normalized spacial score (nSPS) is 28.4. The van der Waals surface area contributed by atoms with Crippen molar-refractivity contribution < 1.29 is 0 Å². The van der Waals surface area contributed by atoms with E-state index in [0.29, 0.717) is 6.04 Å². The topological polar surface area (TPSA) is 24.9 Å². The summed E-state index contributed by atoms with van der Waals surface area (Å²) in [4.78, 5) is 4.56. The third kappa shape index (κ3) is 2.85. The first-order chi connectivity index (χ1) is 8.38. The predicted molar refractivity (Wildman–Crippen MR) is 77.9 cm³/mol. The molecule has 2 nitrogen and oxygen atoms in total. The van der Waals surface area contributed by atoms with Crippen molar-refractivity contribution in [2.45, 2.75) is 58.9 Å². The summed E-state index contributed by atoms with van der Waals surface area (Å²) in [5.41, 5.74) is 1.47. The molecule has 0 radical (unpaired) electrons. The van der Waals surface area contributed by atoms with Gasteiger partial charge in [-0.15, -0.1) is 0 Å². The first-order valence-electron chi connectivity index (χ1n) is 7.11. The highest BCUT2D eigenvalue weighted by atomic mass is 15.0. The van der Waals surface area contributed by atoms with Crippen LogP contribution in [0.3, 0.4) is 0 Å². The molecule has 0 spiro atoms. The maximum atomic E-state index is 4.56. The second-order valence-corrected chi connectivity index (χ2v) is 6.85. The molecule has 0 aliphatic heterocycles. The summed E-state index contributed by atoms with van der Waals surface area (Å²) >= 11 is 0. The molecule has 1 aromatic rings. The van der Waals surface area contributed by atoms with Gasteiger partial charge in [-0.25, -0.2) is 4.98 Å². The van der Waals surface area contributed by atoms with E-state index in [4.69, 9.17) is 0 Å². The molecule has 0 saturated heterocycles. The van der Waals surface area contributed by atoms with Gasteiger partial charge in [0, 0.05) is 12.2 Å². The lowest BCUT2D eigenvalue weighted by atomic mass is 9.88. The van der Waals surface area contributed by atoms with E-state index in [1.54, 1.807) is 0 Å². The first-order valence-corrected chi connectivity index (χ1v) is 7.11. The number of nitrogens with one attached hydrogen (secondary N) is 1. The number of hydrogen-bond donors (Lipinski definition) is 1. The monoisotopic (exact) mass is 246 g/mol. The smallest absolute Gasteiger partial charge is 0.126 e. The summed E-state index contributed by atoms with van der Waals surface area (Å²) in [7, 11) is 0. The average Bonchev–Trinajstić information content (AvgIpc) is 2.61. The number of rotatable bonds is 2. The lowest BCUT2D eigenvalue weighted by molar-refractivity contribution is 0.435. The Labute approximate surface area is 111 Å². The highest BCUT2D eigenvalue weighted by Gasteiger charge is 2.29. The summed E-state index contributed by atoms with van der Waals surface area (Å²) < 4.78 is 0. The fourth-order valence-corrected chi connectivity index (χ4v) is 2.68.